The van der Waals surface area contributed by atoms with Gasteiger partial charge in [0.1, 0.15) is 6.61 Å². The number of aliphatic imine (C=N–C) groups is 1. The fourth-order valence-corrected chi connectivity index (χ4v) is 4.07. The van der Waals surface area contributed by atoms with Crippen LogP contribution in [-0.2, 0) is 17.9 Å². The van der Waals surface area contributed by atoms with Gasteiger partial charge in [0, 0.05) is 43.4 Å². The quantitative estimate of drug-likeness (QED) is 0.355. The van der Waals surface area contributed by atoms with Crippen LogP contribution in [0.3, 0.4) is 0 Å². The lowest BCUT2D eigenvalue weighted by molar-refractivity contribution is 0.156. The van der Waals surface area contributed by atoms with E-state index in [0.717, 1.165) is 56.4 Å². The van der Waals surface area contributed by atoms with Crippen LogP contribution in [0.1, 0.15) is 30.9 Å². The van der Waals surface area contributed by atoms with Crippen LogP contribution in [0.5, 0.6) is 5.88 Å². The SMILES string of the molecule is CCNC(=NCc1cccnc1OCc1ccccc1)N1CCC2(CCOC2)C1.I. The molecule has 30 heavy (non-hydrogen) atoms. The first-order chi connectivity index (χ1) is 14.3. The fraction of sp³-hybridized carbons (Fsp3) is 0.478. The van der Waals surface area contributed by atoms with Crippen molar-refractivity contribution in [1.82, 2.24) is 15.2 Å². The van der Waals surface area contributed by atoms with E-state index in [-0.39, 0.29) is 24.0 Å². The van der Waals surface area contributed by atoms with Gasteiger partial charge in [-0.1, -0.05) is 36.4 Å². The van der Waals surface area contributed by atoms with Crippen molar-refractivity contribution in [3.05, 3.63) is 59.8 Å². The van der Waals surface area contributed by atoms with Gasteiger partial charge in [0.25, 0.3) is 0 Å². The van der Waals surface area contributed by atoms with Gasteiger partial charge in [0.15, 0.2) is 5.96 Å². The van der Waals surface area contributed by atoms with Crippen molar-refractivity contribution >= 4 is 29.9 Å². The molecule has 0 aliphatic carbocycles. The number of nitrogens with zero attached hydrogens (tertiary/aromatic N) is 3. The molecular weight excluding hydrogens is 491 g/mol. The summed E-state index contributed by atoms with van der Waals surface area (Å²) in [6, 6.07) is 14.1. The normalized spacial score (nSPS) is 21.0. The van der Waals surface area contributed by atoms with Crippen LogP contribution in [0.2, 0.25) is 0 Å². The summed E-state index contributed by atoms with van der Waals surface area (Å²) in [5.41, 5.74) is 2.44. The van der Waals surface area contributed by atoms with Gasteiger partial charge in [0.05, 0.1) is 13.2 Å². The summed E-state index contributed by atoms with van der Waals surface area (Å²) < 4.78 is 11.7. The Morgan fingerprint density at radius 3 is 2.87 bits per heavy atom. The average Bonchev–Trinajstić information content (AvgIpc) is 3.41. The second-order valence-electron chi connectivity index (χ2n) is 7.89. The van der Waals surface area contributed by atoms with Gasteiger partial charge in [-0.2, -0.15) is 0 Å². The Morgan fingerprint density at radius 2 is 2.10 bits per heavy atom. The highest BCUT2D eigenvalue weighted by atomic mass is 127. The molecule has 1 atom stereocenters. The van der Waals surface area contributed by atoms with Gasteiger partial charge < -0.3 is 19.7 Å². The van der Waals surface area contributed by atoms with Crippen molar-refractivity contribution in [1.29, 1.82) is 0 Å². The molecule has 3 heterocycles. The first-order valence-electron chi connectivity index (χ1n) is 10.5. The van der Waals surface area contributed by atoms with Gasteiger partial charge >= 0.3 is 0 Å². The molecule has 1 spiro atoms. The van der Waals surface area contributed by atoms with E-state index in [1.807, 2.05) is 30.3 Å². The summed E-state index contributed by atoms with van der Waals surface area (Å²) in [5, 5.41) is 3.45. The molecule has 7 heteroatoms. The third kappa shape index (κ3) is 5.63. The second-order valence-corrected chi connectivity index (χ2v) is 7.89. The van der Waals surface area contributed by atoms with Crippen LogP contribution in [0.4, 0.5) is 0 Å². The third-order valence-electron chi connectivity index (χ3n) is 5.73. The lowest BCUT2D eigenvalue weighted by atomic mass is 9.87. The minimum Gasteiger partial charge on any atom is -0.473 e. The van der Waals surface area contributed by atoms with Gasteiger partial charge in [0.2, 0.25) is 5.88 Å². The van der Waals surface area contributed by atoms with Gasteiger partial charge in [-0.05, 0) is 31.4 Å². The number of halogens is 1. The molecule has 1 aromatic carbocycles. The Hall–Kier alpha value is -1.87. The topological polar surface area (TPSA) is 59.0 Å². The number of aromatic nitrogens is 1. The third-order valence-corrected chi connectivity index (χ3v) is 5.73. The standard InChI is InChI=1S/C23H30N4O2.HI/c1-2-24-22(27-13-10-23(17-27)11-14-28-18-23)26-15-20-9-6-12-25-21(20)29-16-19-7-4-3-5-8-19;/h3-9,12H,2,10-11,13-18H2,1H3,(H,24,26);1H. The van der Waals surface area contributed by atoms with E-state index >= 15 is 0 Å². The van der Waals surface area contributed by atoms with Crippen molar-refractivity contribution in [3.8, 4) is 5.88 Å². The maximum Gasteiger partial charge on any atom is 0.218 e. The predicted octanol–water partition coefficient (Wildman–Crippen LogP) is 3.86. The van der Waals surface area contributed by atoms with E-state index in [4.69, 9.17) is 14.5 Å². The van der Waals surface area contributed by atoms with E-state index in [2.05, 4.69) is 34.3 Å². The number of hydrogen-bond donors (Lipinski definition) is 1. The Kier molecular flexibility index (Phi) is 8.32. The smallest absolute Gasteiger partial charge is 0.218 e. The Bertz CT molecular complexity index is 825. The lowest BCUT2D eigenvalue weighted by Gasteiger charge is -2.25. The molecule has 0 saturated carbocycles. The lowest BCUT2D eigenvalue weighted by Crippen LogP contribution is -2.41. The molecule has 1 unspecified atom stereocenters. The number of rotatable bonds is 6. The van der Waals surface area contributed by atoms with E-state index in [1.54, 1.807) is 6.20 Å². The van der Waals surface area contributed by atoms with Gasteiger partial charge in [-0.3, -0.25) is 0 Å². The Labute approximate surface area is 196 Å². The van der Waals surface area contributed by atoms with Crippen LogP contribution >= 0.6 is 24.0 Å². The summed E-state index contributed by atoms with van der Waals surface area (Å²) in [7, 11) is 0. The number of likely N-dealkylation sites (tertiary alicyclic amines) is 1. The molecule has 2 saturated heterocycles. The molecule has 1 N–H and O–H groups in total. The van der Waals surface area contributed by atoms with Crippen molar-refractivity contribution in [2.75, 3.05) is 32.8 Å². The number of benzene rings is 1. The minimum absolute atomic E-state index is 0. The van der Waals surface area contributed by atoms with Crippen molar-refractivity contribution in [3.63, 3.8) is 0 Å². The van der Waals surface area contributed by atoms with Gasteiger partial charge in [-0.15, -0.1) is 24.0 Å². The Morgan fingerprint density at radius 1 is 1.23 bits per heavy atom. The number of pyridine rings is 1. The van der Waals surface area contributed by atoms with Crippen LogP contribution in [0.15, 0.2) is 53.7 Å². The van der Waals surface area contributed by atoms with Crippen LogP contribution in [-0.4, -0.2) is 48.7 Å². The molecule has 6 nitrogen and oxygen atoms in total. The van der Waals surface area contributed by atoms with Crippen molar-refractivity contribution < 1.29 is 9.47 Å². The number of hydrogen-bond acceptors (Lipinski definition) is 4. The highest BCUT2D eigenvalue weighted by Crippen LogP contribution is 2.38. The first kappa shape index (κ1) is 22.8. The summed E-state index contributed by atoms with van der Waals surface area (Å²) in [6.07, 6.45) is 4.10. The number of guanidine groups is 1. The van der Waals surface area contributed by atoms with Crippen LogP contribution < -0.4 is 10.1 Å². The number of nitrogens with one attached hydrogen (secondary N) is 1. The summed E-state index contributed by atoms with van der Waals surface area (Å²) >= 11 is 0. The molecule has 4 rings (SSSR count). The zero-order valence-corrected chi connectivity index (χ0v) is 19.9. The first-order valence-corrected chi connectivity index (χ1v) is 10.5. The predicted molar refractivity (Wildman–Crippen MR) is 129 cm³/mol. The fourth-order valence-electron chi connectivity index (χ4n) is 4.07. The molecule has 162 valence electrons. The van der Waals surface area contributed by atoms with E-state index in [1.165, 1.54) is 6.42 Å². The van der Waals surface area contributed by atoms with E-state index < -0.39 is 0 Å². The molecule has 0 bridgehead atoms. The molecule has 2 aliphatic heterocycles. The van der Waals surface area contributed by atoms with Crippen LogP contribution in [0.25, 0.3) is 0 Å². The zero-order valence-electron chi connectivity index (χ0n) is 17.5. The summed E-state index contributed by atoms with van der Waals surface area (Å²) in [4.78, 5) is 11.7. The highest BCUT2D eigenvalue weighted by Gasteiger charge is 2.42. The highest BCUT2D eigenvalue weighted by molar-refractivity contribution is 14.0. The van der Waals surface area contributed by atoms with E-state index in [9.17, 15) is 0 Å². The zero-order chi connectivity index (χ0) is 19.9. The molecular formula is C23H31IN4O2. The maximum atomic E-state index is 5.99. The summed E-state index contributed by atoms with van der Waals surface area (Å²) in [6.45, 7) is 7.82. The maximum absolute atomic E-state index is 5.99. The Balaban J connectivity index is 0.00000256. The number of ether oxygens (including phenoxy) is 2. The molecule has 0 amide bonds. The second kappa shape index (κ2) is 10.9. The molecule has 2 aliphatic rings. The molecule has 2 aromatic rings. The van der Waals surface area contributed by atoms with E-state index in [0.29, 0.717) is 24.4 Å². The largest absolute Gasteiger partial charge is 0.473 e. The minimum atomic E-state index is 0. The van der Waals surface area contributed by atoms with Gasteiger partial charge in [-0.25, -0.2) is 9.98 Å². The molecule has 2 fully saturated rings. The molecule has 0 radical (unpaired) electrons. The average molecular weight is 522 g/mol. The molecule has 1 aromatic heterocycles. The van der Waals surface area contributed by atoms with Crippen molar-refractivity contribution in [2.45, 2.75) is 32.9 Å². The summed E-state index contributed by atoms with van der Waals surface area (Å²) in [5.74, 6) is 1.62. The van der Waals surface area contributed by atoms with Crippen molar-refractivity contribution in [2.24, 2.45) is 10.4 Å². The monoisotopic (exact) mass is 522 g/mol. The van der Waals surface area contributed by atoms with Crippen LogP contribution in [0, 0.1) is 5.41 Å².